The molecule has 0 spiro atoms. The van der Waals surface area contributed by atoms with Crippen molar-refractivity contribution in [3.05, 3.63) is 0 Å². The van der Waals surface area contributed by atoms with E-state index >= 15 is 0 Å². The van der Waals surface area contributed by atoms with Crippen LogP contribution in [0.1, 0.15) is 6.42 Å². The van der Waals surface area contributed by atoms with Crippen LogP contribution in [0, 0.1) is 0 Å². The van der Waals surface area contributed by atoms with Crippen molar-refractivity contribution in [2.24, 2.45) is 5.73 Å². The summed E-state index contributed by atoms with van der Waals surface area (Å²) in [7, 11) is 0. The van der Waals surface area contributed by atoms with Crippen LogP contribution < -0.4 is 5.73 Å². The molecule has 60 valence electrons. The van der Waals surface area contributed by atoms with E-state index < -0.39 is 12.0 Å². The first-order valence-electron chi connectivity index (χ1n) is 2.56. The molecule has 0 aliphatic rings. The molecule has 0 aromatic heterocycles. The third-order valence-corrected chi connectivity index (χ3v) is 0.757. The minimum absolute atomic E-state index is 0.120. The fraction of sp³-hybridized carbons (Fsp3) is 0.600. The summed E-state index contributed by atoms with van der Waals surface area (Å²) in [6.07, 6.45) is 0.120. The zero-order chi connectivity index (χ0) is 8.57. The van der Waals surface area contributed by atoms with E-state index in [0.29, 0.717) is 0 Å². The second kappa shape index (κ2) is 8.06. The van der Waals surface area contributed by atoms with Crippen molar-refractivity contribution in [2.45, 2.75) is 12.5 Å². The first-order valence-corrected chi connectivity index (χ1v) is 2.56. The molecule has 0 amide bonds. The van der Waals surface area contributed by atoms with Gasteiger partial charge in [0.2, 0.25) is 0 Å². The van der Waals surface area contributed by atoms with Gasteiger partial charge in [0.25, 0.3) is 0 Å². The Bertz CT molecular complexity index is 95.6. The number of aliphatic carboxylic acids is 1. The first-order chi connectivity index (χ1) is 4.68. The molecule has 5 nitrogen and oxygen atoms in total. The number of carbonyl (C=O) groups is 2. The van der Waals surface area contributed by atoms with E-state index in [2.05, 4.69) is 0 Å². The number of carboxylic acids is 1. The lowest BCUT2D eigenvalue weighted by Crippen LogP contribution is -2.30. The lowest BCUT2D eigenvalue weighted by Gasteiger charge is -2.00. The maximum absolute atomic E-state index is 9.85. The normalized spacial score (nSPS) is 11.0. The van der Waals surface area contributed by atoms with Crippen LogP contribution in [0.4, 0.5) is 0 Å². The van der Waals surface area contributed by atoms with Gasteiger partial charge in [-0.05, 0) is 6.42 Å². The van der Waals surface area contributed by atoms with Crippen LogP contribution in [0.3, 0.4) is 0 Å². The van der Waals surface area contributed by atoms with Gasteiger partial charge >= 0.3 is 5.97 Å². The van der Waals surface area contributed by atoms with Gasteiger partial charge < -0.3 is 20.7 Å². The van der Waals surface area contributed by atoms with Crippen LogP contribution >= 0.6 is 0 Å². The predicted molar refractivity (Wildman–Crippen MR) is 34.4 cm³/mol. The number of rotatable bonds is 3. The number of carbonyl (C=O) groups excluding carboxylic acids is 1. The van der Waals surface area contributed by atoms with Crippen molar-refractivity contribution in [1.82, 2.24) is 0 Å². The van der Waals surface area contributed by atoms with Gasteiger partial charge in [0.15, 0.2) is 0 Å². The van der Waals surface area contributed by atoms with Gasteiger partial charge in [-0.25, -0.2) is 0 Å². The maximum Gasteiger partial charge on any atom is 0.320 e. The summed E-state index contributed by atoms with van der Waals surface area (Å²) in [6.45, 7) is 1.83. The summed E-state index contributed by atoms with van der Waals surface area (Å²) >= 11 is 0. The molecule has 10 heavy (non-hydrogen) atoms. The molecule has 5 heteroatoms. The molecule has 0 saturated heterocycles. The summed E-state index contributed by atoms with van der Waals surface area (Å²) in [5, 5.41) is 16.2. The Morgan fingerprint density at radius 1 is 1.60 bits per heavy atom. The summed E-state index contributed by atoms with van der Waals surface area (Å²) in [5.41, 5.74) is 4.97. The molecule has 0 saturated carbocycles. The van der Waals surface area contributed by atoms with E-state index in [-0.39, 0.29) is 13.0 Å². The second-order valence-electron chi connectivity index (χ2n) is 1.46. The van der Waals surface area contributed by atoms with Crippen LogP contribution in [0.2, 0.25) is 0 Å². The minimum Gasteiger partial charge on any atom is -0.480 e. The third kappa shape index (κ3) is 7.06. The van der Waals surface area contributed by atoms with Gasteiger partial charge in [0, 0.05) is 6.61 Å². The van der Waals surface area contributed by atoms with Gasteiger partial charge in [0.05, 0.1) is 0 Å². The smallest absolute Gasteiger partial charge is 0.320 e. The topological polar surface area (TPSA) is 101 Å². The number of aliphatic hydroxyl groups excluding tert-OH is 1. The van der Waals surface area contributed by atoms with E-state index in [1.165, 1.54) is 0 Å². The molecule has 1 unspecified atom stereocenters. The molecule has 0 aromatic carbocycles. The lowest BCUT2D eigenvalue weighted by atomic mass is 10.2. The van der Waals surface area contributed by atoms with Crippen molar-refractivity contribution in [2.75, 3.05) is 6.61 Å². The highest BCUT2D eigenvalue weighted by molar-refractivity contribution is 5.72. The Balaban J connectivity index is 0. The molecular weight excluding hydrogens is 138 g/mol. The average molecular weight is 149 g/mol. The molecule has 0 radical (unpaired) electrons. The van der Waals surface area contributed by atoms with Gasteiger partial charge in [-0.3, -0.25) is 4.79 Å². The molecule has 0 bridgehead atoms. The highest BCUT2D eigenvalue weighted by Crippen LogP contribution is 1.83. The quantitative estimate of drug-likeness (QED) is 0.458. The van der Waals surface area contributed by atoms with Gasteiger partial charge in [0.1, 0.15) is 12.8 Å². The van der Waals surface area contributed by atoms with Crippen molar-refractivity contribution >= 4 is 12.8 Å². The van der Waals surface area contributed by atoms with E-state index in [1.807, 2.05) is 6.79 Å². The highest BCUT2D eigenvalue weighted by Gasteiger charge is 2.08. The van der Waals surface area contributed by atoms with Crippen molar-refractivity contribution in [3.8, 4) is 0 Å². The third-order valence-electron chi connectivity index (χ3n) is 0.757. The summed E-state index contributed by atoms with van der Waals surface area (Å²) in [6, 6.07) is -0.917. The fourth-order valence-electron chi connectivity index (χ4n) is 0.263. The van der Waals surface area contributed by atoms with Crippen LogP contribution in [-0.2, 0) is 9.59 Å². The molecule has 0 heterocycles. The Kier molecular flexibility index (Phi) is 9.52. The molecular formula is C5H11NO4. The van der Waals surface area contributed by atoms with Gasteiger partial charge in [-0.15, -0.1) is 0 Å². The number of aliphatic hydroxyl groups is 1. The Labute approximate surface area is 58.5 Å². The van der Waals surface area contributed by atoms with Gasteiger partial charge in [-0.2, -0.15) is 0 Å². The zero-order valence-corrected chi connectivity index (χ0v) is 5.49. The molecule has 1 atom stereocenters. The Morgan fingerprint density at radius 3 is 2.10 bits per heavy atom. The minimum atomic E-state index is -1.07. The number of nitrogens with two attached hydrogens (primary N) is 1. The number of carboxylic acid groups (broad SMARTS) is 1. The monoisotopic (exact) mass is 149 g/mol. The standard InChI is InChI=1S/C4H9NO3.CH2O/c5-3(1-2-6)4(7)8;1-2/h3,6H,1-2,5H2,(H,7,8);1H2. The van der Waals surface area contributed by atoms with E-state index in [1.54, 1.807) is 0 Å². The van der Waals surface area contributed by atoms with Crippen LogP contribution in [0.5, 0.6) is 0 Å². The number of hydrogen-bond donors (Lipinski definition) is 3. The Morgan fingerprint density at radius 2 is 2.00 bits per heavy atom. The van der Waals surface area contributed by atoms with Gasteiger partial charge in [-0.1, -0.05) is 0 Å². The first kappa shape index (κ1) is 11.8. The maximum atomic E-state index is 9.85. The molecule has 0 rings (SSSR count). The largest absolute Gasteiger partial charge is 0.480 e. The van der Waals surface area contributed by atoms with E-state index in [4.69, 9.17) is 20.7 Å². The highest BCUT2D eigenvalue weighted by atomic mass is 16.4. The average Bonchev–Trinajstić information content (AvgIpc) is 1.93. The molecule has 0 aromatic rings. The van der Waals surface area contributed by atoms with Crippen molar-refractivity contribution < 1.29 is 19.8 Å². The zero-order valence-electron chi connectivity index (χ0n) is 5.49. The van der Waals surface area contributed by atoms with Crippen molar-refractivity contribution in [3.63, 3.8) is 0 Å². The Hall–Kier alpha value is -0.940. The van der Waals surface area contributed by atoms with Crippen LogP contribution in [-0.4, -0.2) is 35.6 Å². The molecule has 4 N–H and O–H groups in total. The SMILES string of the molecule is C=O.NC(CCO)C(=O)O. The predicted octanol–water partition coefficient (Wildman–Crippen LogP) is -1.40. The van der Waals surface area contributed by atoms with Crippen LogP contribution in [0.15, 0.2) is 0 Å². The van der Waals surface area contributed by atoms with Crippen molar-refractivity contribution in [1.29, 1.82) is 0 Å². The number of hydrogen-bond acceptors (Lipinski definition) is 4. The lowest BCUT2D eigenvalue weighted by molar-refractivity contribution is -0.138. The second-order valence-corrected chi connectivity index (χ2v) is 1.46. The summed E-state index contributed by atoms with van der Waals surface area (Å²) in [4.78, 5) is 17.9. The van der Waals surface area contributed by atoms with E-state index in [0.717, 1.165) is 0 Å². The van der Waals surface area contributed by atoms with Crippen LogP contribution in [0.25, 0.3) is 0 Å². The molecule has 0 fully saturated rings. The molecule has 0 aliphatic heterocycles. The fourth-order valence-corrected chi connectivity index (χ4v) is 0.263. The van der Waals surface area contributed by atoms with E-state index in [9.17, 15) is 4.79 Å². The molecule has 0 aliphatic carbocycles. The summed E-state index contributed by atoms with van der Waals surface area (Å²) < 4.78 is 0. The summed E-state index contributed by atoms with van der Waals surface area (Å²) in [5.74, 6) is -1.07.